The predicted molar refractivity (Wildman–Crippen MR) is 138 cm³/mol. The molecule has 0 bridgehead atoms. The number of aromatic nitrogens is 3. The SMILES string of the molecule is COc1cc(C2C(C(=O)Nc3ccc(C)cc3)=C(C)Nc3ncnn32)ccc1OCc1ccccc1F. The number of amides is 1. The van der Waals surface area contributed by atoms with Gasteiger partial charge in [-0.3, -0.25) is 4.79 Å². The van der Waals surface area contributed by atoms with Crippen molar-refractivity contribution in [3.05, 3.63) is 107 Å². The number of carbonyl (C=O) groups excluding carboxylic acids is 1. The van der Waals surface area contributed by atoms with E-state index in [1.165, 1.54) is 19.5 Å². The number of nitrogens with one attached hydrogen (secondary N) is 2. The van der Waals surface area contributed by atoms with Crippen molar-refractivity contribution >= 4 is 17.5 Å². The summed E-state index contributed by atoms with van der Waals surface area (Å²) in [5.41, 5.74) is 4.12. The molecule has 1 amide bonds. The molecule has 3 aromatic carbocycles. The van der Waals surface area contributed by atoms with Gasteiger partial charge in [-0.05, 0) is 49.7 Å². The highest BCUT2D eigenvalue weighted by molar-refractivity contribution is 6.06. The minimum absolute atomic E-state index is 0.0478. The molecular formula is C28H26FN5O3. The van der Waals surface area contributed by atoms with Gasteiger partial charge in [0.1, 0.15) is 24.8 Å². The molecule has 1 unspecified atom stereocenters. The van der Waals surface area contributed by atoms with Crippen LogP contribution in [0.25, 0.3) is 0 Å². The standard InChI is InChI=1S/C28H26FN5O3/c1-17-8-11-21(12-9-17)33-27(35)25-18(2)32-28-30-16-31-34(28)26(25)19-10-13-23(24(14-19)36-3)37-15-20-6-4-5-7-22(20)29/h4-14,16,26H,15H2,1-3H3,(H,33,35)(H,30,31,32). The zero-order valence-electron chi connectivity index (χ0n) is 20.7. The van der Waals surface area contributed by atoms with Gasteiger partial charge < -0.3 is 20.1 Å². The van der Waals surface area contributed by atoms with E-state index in [-0.39, 0.29) is 18.3 Å². The number of fused-ring (bicyclic) bond motifs is 1. The van der Waals surface area contributed by atoms with E-state index in [1.807, 2.05) is 44.2 Å². The third-order valence-corrected chi connectivity index (χ3v) is 6.19. The Bertz CT molecular complexity index is 1480. The summed E-state index contributed by atoms with van der Waals surface area (Å²) in [4.78, 5) is 17.8. The van der Waals surface area contributed by atoms with Gasteiger partial charge in [0, 0.05) is 16.9 Å². The zero-order valence-corrected chi connectivity index (χ0v) is 20.7. The van der Waals surface area contributed by atoms with Crippen molar-refractivity contribution in [3.8, 4) is 11.5 Å². The van der Waals surface area contributed by atoms with Gasteiger partial charge in [0.05, 0.1) is 12.7 Å². The number of rotatable bonds is 7. The number of allylic oxidation sites excluding steroid dienone is 1. The van der Waals surface area contributed by atoms with Gasteiger partial charge >= 0.3 is 0 Å². The van der Waals surface area contributed by atoms with Gasteiger partial charge in [0.25, 0.3) is 5.91 Å². The van der Waals surface area contributed by atoms with E-state index in [1.54, 1.807) is 35.0 Å². The van der Waals surface area contributed by atoms with Gasteiger partial charge in [-0.25, -0.2) is 9.07 Å². The number of ether oxygens (including phenoxy) is 2. The lowest BCUT2D eigenvalue weighted by atomic mass is 9.94. The largest absolute Gasteiger partial charge is 0.493 e. The van der Waals surface area contributed by atoms with Crippen LogP contribution >= 0.6 is 0 Å². The Hall–Kier alpha value is -4.66. The Labute approximate surface area is 213 Å². The van der Waals surface area contributed by atoms with Crippen molar-refractivity contribution in [2.24, 2.45) is 0 Å². The van der Waals surface area contributed by atoms with Crippen molar-refractivity contribution in [1.29, 1.82) is 0 Å². The number of nitrogens with zero attached hydrogens (tertiary/aromatic N) is 3. The Morgan fingerprint density at radius 2 is 1.86 bits per heavy atom. The van der Waals surface area contributed by atoms with E-state index >= 15 is 0 Å². The topological polar surface area (TPSA) is 90.3 Å². The molecule has 8 nitrogen and oxygen atoms in total. The van der Waals surface area contributed by atoms with Gasteiger partial charge in [-0.1, -0.05) is 42.0 Å². The Morgan fingerprint density at radius 3 is 2.62 bits per heavy atom. The summed E-state index contributed by atoms with van der Waals surface area (Å²) >= 11 is 0. The van der Waals surface area contributed by atoms with Crippen LogP contribution < -0.4 is 20.1 Å². The maximum atomic E-state index is 14.0. The van der Waals surface area contributed by atoms with Crippen molar-refractivity contribution < 1.29 is 18.7 Å². The molecule has 1 aliphatic rings. The number of methoxy groups -OCH3 is 1. The molecule has 188 valence electrons. The van der Waals surface area contributed by atoms with Crippen LogP contribution in [0.3, 0.4) is 0 Å². The number of halogens is 1. The molecule has 2 heterocycles. The third kappa shape index (κ3) is 4.88. The summed E-state index contributed by atoms with van der Waals surface area (Å²) in [5.74, 6) is 0.821. The molecule has 0 saturated heterocycles. The highest BCUT2D eigenvalue weighted by atomic mass is 19.1. The number of anilines is 2. The van der Waals surface area contributed by atoms with E-state index in [4.69, 9.17) is 9.47 Å². The molecule has 0 saturated carbocycles. The van der Waals surface area contributed by atoms with Crippen LogP contribution in [-0.2, 0) is 11.4 Å². The lowest BCUT2D eigenvalue weighted by Gasteiger charge is -2.29. The van der Waals surface area contributed by atoms with Crippen molar-refractivity contribution in [1.82, 2.24) is 14.8 Å². The van der Waals surface area contributed by atoms with Crippen molar-refractivity contribution in [2.45, 2.75) is 26.5 Å². The molecule has 0 radical (unpaired) electrons. The highest BCUT2D eigenvalue weighted by Crippen LogP contribution is 2.39. The van der Waals surface area contributed by atoms with Crippen LogP contribution in [0.2, 0.25) is 0 Å². The summed E-state index contributed by atoms with van der Waals surface area (Å²) < 4.78 is 27.2. The average Bonchev–Trinajstić information content (AvgIpc) is 3.36. The molecular weight excluding hydrogens is 473 g/mol. The summed E-state index contributed by atoms with van der Waals surface area (Å²) in [5, 5.41) is 10.5. The molecule has 0 spiro atoms. The molecule has 9 heteroatoms. The van der Waals surface area contributed by atoms with E-state index < -0.39 is 6.04 Å². The molecule has 5 rings (SSSR count). The molecule has 0 aliphatic carbocycles. The quantitative estimate of drug-likeness (QED) is 0.361. The Balaban J connectivity index is 1.47. The summed E-state index contributed by atoms with van der Waals surface area (Å²) in [6.45, 7) is 3.87. The lowest BCUT2D eigenvalue weighted by molar-refractivity contribution is -0.113. The lowest BCUT2D eigenvalue weighted by Crippen LogP contribution is -2.31. The minimum atomic E-state index is -0.571. The number of aryl methyl sites for hydroxylation is 1. The highest BCUT2D eigenvalue weighted by Gasteiger charge is 2.34. The second-order valence-electron chi connectivity index (χ2n) is 8.70. The predicted octanol–water partition coefficient (Wildman–Crippen LogP) is 5.24. The zero-order chi connectivity index (χ0) is 25.9. The first kappa shape index (κ1) is 24.1. The summed E-state index contributed by atoms with van der Waals surface area (Å²) in [6, 6.07) is 18.9. The molecule has 2 N–H and O–H groups in total. The van der Waals surface area contributed by atoms with Crippen molar-refractivity contribution in [2.75, 3.05) is 17.7 Å². The van der Waals surface area contributed by atoms with Crippen LogP contribution in [-0.4, -0.2) is 27.8 Å². The fraction of sp³-hybridized carbons (Fsp3) is 0.179. The first-order valence-electron chi connectivity index (χ1n) is 11.7. The Kier molecular flexibility index (Phi) is 6.59. The van der Waals surface area contributed by atoms with Crippen LogP contribution in [0.1, 0.15) is 29.7 Å². The Morgan fingerprint density at radius 1 is 1.08 bits per heavy atom. The van der Waals surface area contributed by atoms with Gasteiger partial charge in [-0.2, -0.15) is 10.1 Å². The fourth-order valence-electron chi connectivity index (χ4n) is 4.27. The van der Waals surface area contributed by atoms with E-state index in [0.29, 0.717) is 40.0 Å². The van der Waals surface area contributed by atoms with Gasteiger partial charge in [0.2, 0.25) is 5.95 Å². The monoisotopic (exact) mass is 499 g/mol. The molecule has 1 atom stereocenters. The maximum Gasteiger partial charge on any atom is 0.255 e. The first-order valence-corrected chi connectivity index (χ1v) is 11.7. The van der Waals surface area contributed by atoms with Gasteiger partial charge in [-0.15, -0.1) is 0 Å². The normalized spacial score (nSPS) is 14.5. The van der Waals surface area contributed by atoms with Crippen LogP contribution in [0.5, 0.6) is 11.5 Å². The second kappa shape index (κ2) is 10.1. The number of hydrogen-bond acceptors (Lipinski definition) is 6. The third-order valence-electron chi connectivity index (χ3n) is 6.19. The van der Waals surface area contributed by atoms with Crippen LogP contribution in [0.4, 0.5) is 16.0 Å². The molecule has 1 aliphatic heterocycles. The summed E-state index contributed by atoms with van der Waals surface area (Å²) in [6.07, 6.45) is 1.44. The number of carbonyl (C=O) groups is 1. The summed E-state index contributed by atoms with van der Waals surface area (Å²) in [7, 11) is 1.53. The van der Waals surface area contributed by atoms with Crippen molar-refractivity contribution in [3.63, 3.8) is 0 Å². The molecule has 1 aromatic heterocycles. The van der Waals surface area contributed by atoms with E-state index in [0.717, 1.165) is 11.1 Å². The molecule has 0 fully saturated rings. The molecule has 4 aromatic rings. The maximum absolute atomic E-state index is 14.0. The fourth-order valence-corrected chi connectivity index (χ4v) is 4.27. The first-order chi connectivity index (χ1) is 17.9. The number of benzene rings is 3. The average molecular weight is 500 g/mol. The van der Waals surface area contributed by atoms with Crippen LogP contribution in [0, 0.1) is 12.7 Å². The van der Waals surface area contributed by atoms with Gasteiger partial charge in [0.15, 0.2) is 11.5 Å². The van der Waals surface area contributed by atoms with E-state index in [9.17, 15) is 9.18 Å². The smallest absolute Gasteiger partial charge is 0.255 e. The number of hydrogen-bond donors (Lipinski definition) is 2. The molecule has 37 heavy (non-hydrogen) atoms. The second-order valence-corrected chi connectivity index (χ2v) is 8.70. The minimum Gasteiger partial charge on any atom is -0.493 e. The van der Waals surface area contributed by atoms with Crippen LogP contribution in [0.15, 0.2) is 84.3 Å². The van der Waals surface area contributed by atoms with E-state index in [2.05, 4.69) is 20.7 Å².